The molecular weight excluding hydrogens is 208 g/mol. The van der Waals surface area contributed by atoms with E-state index in [0.717, 1.165) is 5.56 Å². The standard InChI is InChI=1S/C11H14N2OS/c1-3-5-12-7-11(14)13(2)8-10-4-6-15-9-10/h1,4,6,9,12H,5,7-8H2,2H3. The summed E-state index contributed by atoms with van der Waals surface area (Å²) in [6.07, 6.45) is 5.06. The monoisotopic (exact) mass is 222 g/mol. The van der Waals surface area contributed by atoms with E-state index in [1.165, 1.54) is 0 Å². The highest BCUT2D eigenvalue weighted by atomic mass is 32.1. The molecule has 0 saturated heterocycles. The molecule has 1 rings (SSSR count). The number of hydrogen-bond donors (Lipinski definition) is 1. The van der Waals surface area contributed by atoms with Crippen molar-refractivity contribution in [3.8, 4) is 12.3 Å². The number of nitrogens with zero attached hydrogens (tertiary/aromatic N) is 1. The predicted octanol–water partition coefficient (Wildman–Crippen LogP) is 0.929. The molecule has 3 nitrogen and oxygen atoms in total. The van der Waals surface area contributed by atoms with E-state index in [9.17, 15) is 4.79 Å². The number of carbonyl (C=O) groups excluding carboxylic acids is 1. The highest BCUT2D eigenvalue weighted by Gasteiger charge is 2.08. The number of likely N-dealkylation sites (N-methyl/N-ethyl adjacent to an activating group) is 1. The number of amides is 1. The highest BCUT2D eigenvalue weighted by molar-refractivity contribution is 7.07. The highest BCUT2D eigenvalue weighted by Crippen LogP contribution is 2.08. The van der Waals surface area contributed by atoms with Gasteiger partial charge in [0.15, 0.2) is 0 Å². The predicted molar refractivity (Wildman–Crippen MR) is 62.5 cm³/mol. The molecule has 1 aromatic rings. The topological polar surface area (TPSA) is 32.3 Å². The molecule has 0 bridgehead atoms. The molecule has 1 aromatic heterocycles. The lowest BCUT2D eigenvalue weighted by atomic mass is 10.3. The van der Waals surface area contributed by atoms with E-state index in [1.807, 2.05) is 16.8 Å². The minimum absolute atomic E-state index is 0.0523. The van der Waals surface area contributed by atoms with Crippen LogP contribution in [-0.4, -0.2) is 30.9 Å². The second kappa shape index (κ2) is 6.23. The zero-order chi connectivity index (χ0) is 11.1. The van der Waals surface area contributed by atoms with Gasteiger partial charge in [0.2, 0.25) is 5.91 Å². The molecule has 1 heterocycles. The van der Waals surface area contributed by atoms with Crippen LogP contribution in [0.3, 0.4) is 0 Å². The molecule has 15 heavy (non-hydrogen) atoms. The van der Waals surface area contributed by atoms with Gasteiger partial charge >= 0.3 is 0 Å². The molecule has 0 spiro atoms. The SMILES string of the molecule is C#CCNCC(=O)N(C)Cc1ccsc1. The van der Waals surface area contributed by atoms with E-state index in [2.05, 4.69) is 11.2 Å². The van der Waals surface area contributed by atoms with Gasteiger partial charge in [-0.25, -0.2) is 0 Å². The van der Waals surface area contributed by atoms with Crippen molar-refractivity contribution in [3.05, 3.63) is 22.4 Å². The Labute approximate surface area is 94.1 Å². The molecule has 80 valence electrons. The zero-order valence-corrected chi connectivity index (χ0v) is 9.51. The molecule has 0 atom stereocenters. The van der Waals surface area contributed by atoms with Gasteiger partial charge in [-0.3, -0.25) is 10.1 Å². The minimum atomic E-state index is 0.0523. The number of rotatable bonds is 5. The quantitative estimate of drug-likeness (QED) is 0.594. The Morgan fingerprint density at radius 1 is 1.73 bits per heavy atom. The first-order valence-corrected chi connectivity index (χ1v) is 5.57. The molecular formula is C11H14N2OS. The largest absolute Gasteiger partial charge is 0.340 e. The maximum absolute atomic E-state index is 11.5. The number of nitrogens with one attached hydrogen (secondary N) is 1. The first-order chi connectivity index (χ1) is 7.24. The normalized spacial score (nSPS) is 9.60. The molecule has 1 amide bonds. The van der Waals surface area contributed by atoms with Crippen LogP contribution in [0.4, 0.5) is 0 Å². The van der Waals surface area contributed by atoms with Crippen LogP contribution in [0.5, 0.6) is 0 Å². The van der Waals surface area contributed by atoms with Crippen LogP contribution in [0.1, 0.15) is 5.56 Å². The van der Waals surface area contributed by atoms with Crippen molar-refractivity contribution in [1.29, 1.82) is 0 Å². The van der Waals surface area contributed by atoms with E-state index in [0.29, 0.717) is 19.6 Å². The molecule has 0 aromatic carbocycles. The Hall–Kier alpha value is -1.31. The molecule has 0 radical (unpaired) electrons. The van der Waals surface area contributed by atoms with E-state index in [1.54, 1.807) is 23.3 Å². The third kappa shape index (κ3) is 4.15. The molecule has 0 aliphatic heterocycles. The Morgan fingerprint density at radius 2 is 2.53 bits per heavy atom. The summed E-state index contributed by atoms with van der Waals surface area (Å²) >= 11 is 1.63. The van der Waals surface area contributed by atoms with Crippen LogP contribution >= 0.6 is 11.3 Å². The van der Waals surface area contributed by atoms with Crippen molar-refractivity contribution in [2.45, 2.75) is 6.54 Å². The number of thiophene rings is 1. The van der Waals surface area contributed by atoms with Crippen LogP contribution < -0.4 is 5.32 Å². The van der Waals surface area contributed by atoms with Crippen LogP contribution in [0.2, 0.25) is 0 Å². The summed E-state index contributed by atoms with van der Waals surface area (Å²) in [5.41, 5.74) is 1.16. The Bertz CT molecular complexity index is 340. The van der Waals surface area contributed by atoms with Gasteiger partial charge in [-0.1, -0.05) is 5.92 Å². The van der Waals surface area contributed by atoms with Crippen molar-refractivity contribution in [1.82, 2.24) is 10.2 Å². The van der Waals surface area contributed by atoms with Crippen molar-refractivity contribution in [2.24, 2.45) is 0 Å². The van der Waals surface area contributed by atoms with Gasteiger partial charge < -0.3 is 4.90 Å². The fourth-order valence-electron chi connectivity index (χ4n) is 1.12. The van der Waals surface area contributed by atoms with Gasteiger partial charge in [-0.15, -0.1) is 6.42 Å². The maximum atomic E-state index is 11.5. The van der Waals surface area contributed by atoms with Gasteiger partial charge in [0.25, 0.3) is 0 Å². The summed E-state index contributed by atoms with van der Waals surface area (Å²) in [4.78, 5) is 13.2. The number of terminal acetylenes is 1. The lowest BCUT2D eigenvalue weighted by Gasteiger charge is -2.16. The van der Waals surface area contributed by atoms with Crippen molar-refractivity contribution < 1.29 is 4.79 Å². The second-order valence-electron chi connectivity index (χ2n) is 3.19. The first-order valence-electron chi connectivity index (χ1n) is 4.63. The van der Waals surface area contributed by atoms with Crippen molar-refractivity contribution in [3.63, 3.8) is 0 Å². The molecule has 0 fully saturated rings. The summed E-state index contributed by atoms with van der Waals surface area (Å²) in [6, 6.07) is 2.02. The fourth-order valence-corrected chi connectivity index (χ4v) is 1.78. The molecule has 0 aliphatic rings. The van der Waals surface area contributed by atoms with Crippen LogP contribution in [0.25, 0.3) is 0 Å². The third-order valence-corrected chi connectivity index (χ3v) is 2.66. The van der Waals surface area contributed by atoms with Crippen molar-refractivity contribution in [2.75, 3.05) is 20.1 Å². The minimum Gasteiger partial charge on any atom is -0.340 e. The van der Waals surface area contributed by atoms with Gasteiger partial charge in [0.05, 0.1) is 13.1 Å². The van der Waals surface area contributed by atoms with Crippen molar-refractivity contribution >= 4 is 17.2 Å². The molecule has 0 unspecified atom stereocenters. The van der Waals surface area contributed by atoms with Gasteiger partial charge in [-0.05, 0) is 22.4 Å². The first kappa shape index (κ1) is 11.8. The third-order valence-electron chi connectivity index (χ3n) is 1.93. The lowest BCUT2D eigenvalue weighted by Crippen LogP contribution is -2.35. The van der Waals surface area contributed by atoms with Gasteiger partial charge in [-0.2, -0.15) is 11.3 Å². The summed E-state index contributed by atoms with van der Waals surface area (Å²) in [5, 5.41) is 6.92. The second-order valence-corrected chi connectivity index (χ2v) is 3.97. The van der Waals surface area contributed by atoms with Crippen LogP contribution in [-0.2, 0) is 11.3 Å². The summed E-state index contributed by atoms with van der Waals surface area (Å²) < 4.78 is 0. The summed E-state index contributed by atoms with van der Waals surface area (Å²) in [6.45, 7) is 1.38. The van der Waals surface area contributed by atoms with Crippen LogP contribution in [0, 0.1) is 12.3 Å². The van der Waals surface area contributed by atoms with E-state index in [-0.39, 0.29) is 5.91 Å². The zero-order valence-electron chi connectivity index (χ0n) is 8.69. The Morgan fingerprint density at radius 3 is 3.13 bits per heavy atom. The molecule has 0 aliphatic carbocycles. The molecule has 4 heteroatoms. The maximum Gasteiger partial charge on any atom is 0.236 e. The lowest BCUT2D eigenvalue weighted by molar-refractivity contribution is -0.129. The summed E-state index contributed by atoms with van der Waals surface area (Å²) in [7, 11) is 1.79. The van der Waals surface area contributed by atoms with E-state index < -0.39 is 0 Å². The average Bonchev–Trinajstić information content (AvgIpc) is 2.70. The van der Waals surface area contributed by atoms with Gasteiger partial charge in [0, 0.05) is 13.6 Å². The molecule has 1 N–H and O–H groups in total. The molecule has 0 saturated carbocycles. The van der Waals surface area contributed by atoms with Gasteiger partial charge in [0.1, 0.15) is 0 Å². The average molecular weight is 222 g/mol. The fraction of sp³-hybridized carbons (Fsp3) is 0.364. The smallest absolute Gasteiger partial charge is 0.236 e. The Kier molecular flexibility index (Phi) is 4.88. The summed E-state index contributed by atoms with van der Waals surface area (Å²) in [5.74, 6) is 2.48. The van der Waals surface area contributed by atoms with E-state index in [4.69, 9.17) is 6.42 Å². The number of carbonyl (C=O) groups is 1. The number of hydrogen-bond acceptors (Lipinski definition) is 3. The van der Waals surface area contributed by atoms with Crippen LogP contribution in [0.15, 0.2) is 16.8 Å². The van der Waals surface area contributed by atoms with E-state index >= 15 is 0 Å². The Balaban J connectivity index is 2.31.